The third-order valence-corrected chi connectivity index (χ3v) is 2.51. The van der Waals surface area contributed by atoms with Crippen LogP contribution in [0.1, 0.15) is 18.9 Å². The van der Waals surface area contributed by atoms with Crippen LogP contribution in [-0.2, 0) is 4.79 Å². The molecule has 2 amide bonds. The predicted molar refractivity (Wildman–Crippen MR) is 71.7 cm³/mol. The van der Waals surface area contributed by atoms with Gasteiger partial charge in [-0.2, -0.15) is 0 Å². The van der Waals surface area contributed by atoms with E-state index in [1.54, 1.807) is 13.8 Å². The van der Waals surface area contributed by atoms with Crippen molar-refractivity contribution < 1.29 is 19.6 Å². The van der Waals surface area contributed by atoms with E-state index in [2.05, 4.69) is 10.6 Å². The number of aryl methyl sites for hydroxylation is 1. The van der Waals surface area contributed by atoms with Gasteiger partial charge in [-0.3, -0.25) is 14.9 Å². The normalized spacial score (nSPS) is 11.5. The van der Waals surface area contributed by atoms with Gasteiger partial charge in [0.25, 0.3) is 5.69 Å². The molecule has 0 heterocycles. The van der Waals surface area contributed by atoms with Crippen LogP contribution in [0.25, 0.3) is 0 Å². The molecule has 0 saturated carbocycles. The van der Waals surface area contributed by atoms with Gasteiger partial charge in [0.15, 0.2) is 0 Å². The molecular formula is C12H15N3O5. The van der Waals surface area contributed by atoms with Crippen LogP contribution < -0.4 is 10.6 Å². The van der Waals surface area contributed by atoms with Gasteiger partial charge in [0.2, 0.25) is 0 Å². The largest absolute Gasteiger partial charge is 0.481 e. The number of aliphatic carboxylic acids is 1. The van der Waals surface area contributed by atoms with E-state index in [1.165, 1.54) is 18.2 Å². The highest BCUT2D eigenvalue weighted by Gasteiger charge is 2.13. The molecule has 0 aliphatic carbocycles. The van der Waals surface area contributed by atoms with Crippen molar-refractivity contribution in [2.75, 3.05) is 5.32 Å². The average molecular weight is 281 g/mol. The lowest BCUT2D eigenvalue weighted by atomic mass is 10.2. The van der Waals surface area contributed by atoms with Gasteiger partial charge in [0.05, 0.1) is 11.3 Å². The van der Waals surface area contributed by atoms with Crippen molar-refractivity contribution in [2.45, 2.75) is 26.3 Å². The number of nitrogens with one attached hydrogen (secondary N) is 2. The monoisotopic (exact) mass is 281 g/mol. The standard InChI is InChI=1S/C12H15N3O5/c1-7-5-9(3-4-10(7)15(19)20)14-12(18)13-8(2)6-11(16)17/h3-5,8H,6H2,1-2H3,(H,16,17)(H2,13,14,18). The molecule has 0 aliphatic rings. The highest BCUT2D eigenvalue weighted by atomic mass is 16.6. The molecule has 0 spiro atoms. The fraction of sp³-hybridized carbons (Fsp3) is 0.333. The Balaban J connectivity index is 2.65. The van der Waals surface area contributed by atoms with Crippen molar-refractivity contribution in [1.82, 2.24) is 5.32 Å². The maximum absolute atomic E-state index is 11.6. The third kappa shape index (κ3) is 4.56. The van der Waals surface area contributed by atoms with Crippen LogP contribution in [0.15, 0.2) is 18.2 Å². The fourth-order valence-electron chi connectivity index (χ4n) is 1.64. The first-order chi connectivity index (χ1) is 9.29. The second-order valence-corrected chi connectivity index (χ2v) is 4.36. The van der Waals surface area contributed by atoms with Crippen LogP contribution in [0.4, 0.5) is 16.2 Å². The van der Waals surface area contributed by atoms with Crippen molar-refractivity contribution in [2.24, 2.45) is 0 Å². The molecular weight excluding hydrogens is 266 g/mol. The molecule has 1 aromatic rings. The Hall–Kier alpha value is -2.64. The number of nitrogens with zero attached hydrogens (tertiary/aromatic N) is 1. The van der Waals surface area contributed by atoms with E-state index >= 15 is 0 Å². The Morgan fingerprint density at radius 3 is 2.60 bits per heavy atom. The van der Waals surface area contributed by atoms with Crippen LogP contribution in [0.3, 0.4) is 0 Å². The number of carboxylic acids is 1. The molecule has 1 atom stereocenters. The number of nitro benzene ring substituents is 1. The number of rotatable bonds is 5. The topological polar surface area (TPSA) is 122 Å². The molecule has 0 saturated heterocycles. The summed E-state index contributed by atoms with van der Waals surface area (Å²) >= 11 is 0. The number of hydrogen-bond donors (Lipinski definition) is 3. The second kappa shape index (κ2) is 6.50. The molecule has 0 aliphatic heterocycles. The van der Waals surface area contributed by atoms with Crippen LogP contribution in [0.5, 0.6) is 0 Å². The molecule has 20 heavy (non-hydrogen) atoms. The number of nitro groups is 1. The summed E-state index contributed by atoms with van der Waals surface area (Å²) in [6.45, 7) is 3.13. The first-order valence-electron chi connectivity index (χ1n) is 5.84. The van der Waals surface area contributed by atoms with Crippen molar-refractivity contribution in [3.8, 4) is 0 Å². The third-order valence-electron chi connectivity index (χ3n) is 2.51. The molecule has 8 nitrogen and oxygen atoms in total. The van der Waals surface area contributed by atoms with Crippen molar-refractivity contribution in [3.05, 3.63) is 33.9 Å². The molecule has 1 aromatic carbocycles. The van der Waals surface area contributed by atoms with Gasteiger partial charge in [0, 0.05) is 23.4 Å². The quantitative estimate of drug-likeness (QED) is 0.562. The maximum Gasteiger partial charge on any atom is 0.319 e. The van der Waals surface area contributed by atoms with E-state index in [0.717, 1.165) is 0 Å². The highest BCUT2D eigenvalue weighted by Crippen LogP contribution is 2.21. The molecule has 0 fully saturated rings. The Bertz CT molecular complexity index is 544. The molecule has 1 rings (SSSR count). The van der Waals surface area contributed by atoms with Crippen molar-refractivity contribution in [1.29, 1.82) is 0 Å². The Labute approximate surface area is 114 Å². The van der Waals surface area contributed by atoms with Gasteiger partial charge in [-0.25, -0.2) is 4.79 Å². The zero-order chi connectivity index (χ0) is 15.3. The zero-order valence-corrected chi connectivity index (χ0v) is 11.0. The summed E-state index contributed by atoms with van der Waals surface area (Å²) in [5, 5.41) is 24.2. The van der Waals surface area contributed by atoms with E-state index < -0.39 is 23.0 Å². The summed E-state index contributed by atoms with van der Waals surface area (Å²) in [5.74, 6) is -1.01. The van der Waals surface area contributed by atoms with E-state index in [4.69, 9.17) is 5.11 Å². The van der Waals surface area contributed by atoms with E-state index in [-0.39, 0.29) is 12.1 Å². The highest BCUT2D eigenvalue weighted by molar-refractivity contribution is 5.90. The lowest BCUT2D eigenvalue weighted by Crippen LogP contribution is -2.37. The summed E-state index contributed by atoms with van der Waals surface area (Å²) in [5.41, 5.74) is 0.787. The molecule has 3 N–H and O–H groups in total. The van der Waals surface area contributed by atoms with E-state index in [1.807, 2.05) is 0 Å². The van der Waals surface area contributed by atoms with Crippen molar-refractivity contribution in [3.63, 3.8) is 0 Å². The molecule has 108 valence electrons. The van der Waals surface area contributed by atoms with Gasteiger partial charge >= 0.3 is 12.0 Å². The lowest BCUT2D eigenvalue weighted by molar-refractivity contribution is -0.385. The number of anilines is 1. The van der Waals surface area contributed by atoms with Crippen LogP contribution in [0.2, 0.25) is 0 Å². The number of amides is 2. The summed E-state index contributed by atoms with van der Waals surface area (Å²) < 4.78 is 0. The molecule has 0 radical (unpaired) electrons. The zero-order valence-electron chi connectivity index (χ0n) is 11.0. The van der Waals surface area contributed by atoms with Crippen LogP contribution in [0, 0.1) is 17.0 Å². The molecule has 0 bridgehead atoms. The smallest absolute Gasteiger partial charge is 0.319 e. The Kier molecular flexibility index (Phi) is 5.01. The fourth-order valence-corrected chi connectivity index (χ4v) is 1.64. The van der Waals surface area contributed by atoms with Crippen LogP contribution >= 0.6 is 0 Å². The minimum Gasteiger partial charge on any atom is -0.481 e. The molecule has 1 unspecified atom stereocenters. The minimum atomic E-state index is -1.01. The second-order valence-electron chi connectivity index (χ2n) is 4.36. The predicted octanol–water partition coefficient (Wildman–Crippen LogP) is 1.89. The molecule has 0 aromatic heterocycles. The van der Waals surface area contributed by atoms with E-state index in [0.29, 0.717) is 11.3 Å². The van der Waals surface area contributed by atoms with Gasteiger partial charge < -0.3 is 15.7 Å². The average Bonchev–Trinajstić information content (AvgIpc) is 2.26. The number of benzene rings is 1. The number of carboxylic acid groups (broad SMARTS) is 1. The van der Waals surface area contributed by atoms with Gasteiger partial charge in [-0.15, -0.1) is 0 Å². The first-order valence-corrected chi connectivity index (χ1v) is 5.84. The van der Waals surface area contributed by atoms with Gasteiger partial charge in [-0.1, -0.05) is 0 Å². The van der Waals surface area contributed by atoms with Crippen molar-refractivity contribution >= 4 is 23.4 Å². The van der Waals surface area contributed by atoms with Gasteiger partial charge in [0.1, 0.15) is 0 Å². The number of carbonyl (C=O) groups is 2. The van der Waals surface area contributed by atoms with E-state index in [9.17, 15) is 19.7 Å². The minimum absolute atomic E-state index is 0.0322. The number of carbonyl (C=O) groups excluding carboxylic acids is 1. The Morgan fingerprint density at radius 1 is 1.45 bits per heavy atom. The maximum atomic E-state index is 11.6. The number of urea groups is 1. The summed E-state index contributed by atoms with van der Waals surface area (Å²) in [7, 11) is 0. The van der Waals surface area contributed by atoms with Crippen LogP contribution in [-0.4, -0.2) is 28.1 Å². The number of hydrogen-bond acceptors (Lipinski definition) is 4. The lowest BCUT2D eigenvalue weighted by Gasteiger charge is -2.12. The summed E-state index contributed by atoms with van der Waals surface area (Å²) in [6.07, 6.45) is -0.188. The SMILES string of the molecule is Cc1cc(NC(=O)NC(C)CC(=O)O)ccc1[N+](=O)[O-]. The first kappa shape index (κ1) is 15.4. The molecule has 8 heteroatoms. The summed E-state index contributed by atoms with van der Waals surface area (Å²) in [4.78, 5) is 32.2. The van der Waals surface area contributed by atoms with Gasteiger partial charge in [-0.05, 0) is 26.0 Å². The summed E-state index contributed by atoms with van der Waals surface area (Å²) in [6, 6.07) is 3.09. The Morgan fingerprint density at radius 2 is 2.10 bits per heavy atom.